The smallest absolute Gasteiger partial charge is 0.0297 e. The zero-order chi connectivity index (χ0) is 12.8. The summed E-state index contributed by atoms with van der Waals surface area (Å²) in [5, 5.41) is 6.16. The Morgan fingerprint density at radius 2 is 1.94 bits per heavy atom. The number of nitrogens with one attached hydrogen (secondary N) is 1. The van der Waals surface area contributed by atoms with Gasteiger partial charge in [0.2, 0.25) is 0 Å². The molecule has 0 aliphatic rings. The van der Waals surface area contributed by atoms with E-state index in [4.69, 9.17) is 6.42 Å². The van der Waals surface area contributed by atoms with Gasteiger partial charge in [0.05, 0.1) is 0 Å². The monoisotopic (exact) mass is 237 g/mol. The van der Waals surface area contributed by atoms with Crippen LogP contribution in [0.25, 0.3) is 10.8 Å². The van der Waals surface area contributed by atoms with Crippen molar-refractivity contribution >= 4 is 10.8 Å². The molecule has 0 aliphatic carbocycles. The van der Waals surface area contributed by atoms with Gasteiger partial charge in [0.1, 0.15) is 0 Å². The van der Waals surface area contributed by atoms with Crippen molar-refractivity contribution in [2.24, 2.45) is 0 Å². The first-order valence-corrected chi connectivity index (χ1v) is 6.47. The molecule has 18 heavy (non-hydrogen) atoms. The van der Waals surface area contributed by atoms with Gasteiger partial charge in [-0.2, -0.15) is 0 Å². The van der Waals surface area contributed by atoms with E-state index in [9.17, 15) is 0 Å². The molecule has 2 aromatic carbocycles. The van der Waals surface area contributed by atoms with Crippen LogP contribution in [-0.2, 0) is 0 Å². The summed E-state index contributed by atoms with van der Waals surface area (Å²) in [6, 6.07) is 15.3. The third kappa shape index (κ3) is 2.91. The van der Waals surface area contributed by atoms with Crippen LogP contribution in [0.2, 0.25) is 0 Å². The number of fused-ring (bicyclic) bond motifs is 1. The summed E-state index contributed by atoms with van der Waals surface area (Å²) in [6.45, 7) is 3.17. The molecule has 0 saturated carbocycles. The standard InChI is InChI=1S/C17H19N/c1-3-4-7-13-18-14(2)16-12-8-10-15-9-5-6-11-17(15)16/h1,5-6,8-12,14,18H,4,7,13H2,2H3/t14-/m1/s1. The van der Waals surface area contributed by atoms with Crippen molar-refractivity contribution in [2.45, 2.75) is 25.8 Å². The predicted octanol–water partition coefficient (Wildman–Crippen LogP) is 3.90. The van der Waals surface area contributed by atoms with E-state index in [-0.39, 0.29) is 0 Å². The molecule has 1 heteroatoms. The van der Waals surface area contributed by atoms with Gasteiger partial charge in [0.15, 0.2) is 0 Å². The minimum Gasteiger partial charge on any atom is -0.310 e. The number of benzene rings is 2. The summed E-state index contributed by atoms with van der Waals surface area (Å²) in [4.78, 5) is 0. The maximum absolute atomic E-state index is 5.25. The molecular weight excluding hydrogens is 218 g/mol. The van der Waals surface area contributed by atoms with E-state index in [0.29, 0.717) is 6.04 Å². The van der Waals surface area contributed by atoms with Crippen LogP contribution in [0.4, 0.5) is 0 Å². The number of hydrogen-bond acceptors (Lipinski definition) is 1. The molecule has 2 rings (SSSR count). The van der Waals surface area contributed by atoms with E-state index in [1.165, 1.54) is 16.3 Å². The summed E-state index contributed by atoms with van der Waals surface area (Å²) in [7, 11) is 0. The fourth-order valence-electron chi connectivity index (χ4n) is 2.25. The van der Waals surface area contributed by atoms with Crippen LogP contribution in [0.5, 0.6) is 0 Å². The van der Waals surface area contributed by atoms with Crippen LogP contribution >= 0.6 is 0 Å². The van der Waals surface area contributed by atoms with Gasteiger partial charge in [0, 0.05) is 12.5 Å². The Morgan fingerprint density at radius 1 is 1.17 bits per heavy atom. The topological polar surface area (TPSA) is 12.0 Å². The van der Waals surface area contributed by atoms with Gasteiger partial charge in [-0.3, -0.25) is 0 Å². The summed E-state index contributed by atoms with van der Waals surface area (Å²) < 4.78 is 0. The third-order valence-corrected chi connectivity index (χ3v) is 3.24. The maximum atomic E-state index is 5.25. The molecule has 1 atom stereocenters. The lowest BCUT2D eigenvalue weighted by molar-refractivity contribution is 0.565. The van der Waals surface area contributed by atoms with E-state index in [2.05, 4.69) is 60.6 Å². The highest BCUT2D eigenvalue weighted by molar-refractivity contribution is 5.86. The second kappa shape index (κ2) is 6.23. The average molecular weight is 237 g/mol. The van der Waals surface area contributed by atoms with Gasteiger partial charge in [-0.15, -0.1) is 12.3 Å². The Hall–Kier alpha value is -1.78. The Bertz CT molecular complexity index is 546. The van der Waals surface area contributed by atoms with Gasteiger partial charge in [-0.05, 0) is 36.2 Å². The van der Waals surface area contributed by atoms with Crippen LogP contribution in [0.1, 0.15) is 31.4 Å². The average Bonchev–Trinajstić information content (AvgIpc) is 2.43. The first kappa shape index (κ1) is 12.7. The molecule has 0 aromatic heterocycles. The van der Waals surface area contributed by atoms with Crippen molar-refractivity contribution in [2.75, 3.05) is 6.54 Å². The lowest BCUT2D eigenvalue weighted by Gasteiger charge is -2.16. The molecule has 0 radical (unpaired) electrons. The van der Waals surface area contributed by atoms with E-state index >= 15 is 0 Å². The molecule has 0 unspecified atom stereocenters. The number of rotatable bonds is 5. The summed E-state index contributed by atoms with van der Waals surface area (Å²) in [5.74, 6) is 2.67. The van der Waals surface area contributed by atoms with Gasteiger partial charge in [-0.25, -0.2) is 0 Å². The molecule has 92 valence electrons. The molecule has 1 N–H and O–H groups in total. The molecule has 2 aromatic rings. The second-order valence-corrected chi connectivity index (χ2v) is 4.55. The Kier molecular flexibility index (Phi) is 4.39. The van der Waals surface area contributed by atoms with Gasteiger partial charge in [-0.1, -0.05) is 42.5 Å². The van der Waals surface area contributed by atoms with Crippen molar-refractivity contribution in [3.05, 3.63) is 48.0 Å². The highest BCUT2D eigenvalue weighted by Crippen LogP contribution is 2.23. The van der Waals surface area contributed by atoms with Crippen molar-refractivity contribution in [3.8, 4) is 12.3 Å². The fourth-order valence-corrected chi connectivity index (χ4v) is 2.25. The number of hydrogen-bond donors (Lipinski definition) is 1. The maximum Gasteiger partial charge on any atom is 0.0297 e. The fraction of sp³-hybridized carbons (Fsp3) is 0.294. The first-order valence-electron chi connectivity index (χ1n) is 6.47. The molecule has 0 fully saturated rings. The lowest BCUT2D eigenvalue weighted by atomic mass is 9.99. The largest absolute Gasteiger partial charge is 0.310 e. The summed E-state index contributed by atoms with van der Waals surface area (Å²) >= 11 is 0. The number of unbranched alkanes of at least 4 members (excludes halogenated alkanes) is 1. The Morgan fingerprint density at radius 3 is 2.78 bits per heavy atom. The van der Waals surface area contributed by atoms with Crippen molar-refractivity contribution < 1.29 is 0 Å². The molecule has 1 nitrogen and oxygen atoms in total. The van der Waals surface area contributed by atoms with Crippen LogP contribution in [0.3, 0.4) is 0 Å². The quantitative estimate of drug-likeness (QED) is 0.614. The van der Waals surface area contributed by atoms with Crippen LogP contribution in [0, 0.1) is 12.3 Å². The normalized spacial score (nSPS) is 12.2. The van der Waals surface area contributed by atoms with E-state index in [0.717, 1.165) is 19.4 Å². The van der Waals surface area contributed by atoms with Gasteiger partial charge < -0.3 is 5.32 Å². The van der Waals surface area contributed by atoms with Gasteiger partial charge in [0.25, 0.3) is 0 Å². The van der Waals surface area contributed by atoms with Crippen molar-refractivity contribution in [3.63, 3.8) is 0 Å². The third-order valence-electron chi connectivity index (χ3n) is 3.24. The predicted molar refractivity (Wildman–Crippen MR) is 78.4 cm³/mol. The van der Waals surface area contributed by atoms with Crippen molar-refractivity contribution in [1.29, 1.82) is 0 Å². The number of terminal acetylenes is 1. The van der Waals surface area contributed by atoms with Crippen molar-refractivity contribution in [1.82, 2.24) is 5.32 Å². The lowest BCUT2D eigenvalue weighted by Crippen LogP contribution is -2.19. The molecule has 0 heterocycles. The van der Waals surface area contributed by atoms with E-state index in [1.54, 1.807) is 0 Å². The highest BCUT2D eigenvalue weighted by atomic mass is 14.9. The summed E-state index contributed by atoms with van der Waals surface area (Å²) in [5.41, 5.74) is 1.36. The minimum atomic E-state index is 0.355. The Balaban J connectivity index is 2.13. The van der Waals surface area contributed by atoms with E-state index in [1.807, 2.05) is 0 Å². The molecule has 0 amide bonds. The second-order valence-electron chi connectivity index (χ2n) is 4.55. The SMILES string of the molecule is C#CCCCN[C@H](C)c1cccc2ccccc12. The molecule has 0 bridgehead atoms. The molecule has 0 spiro atoms. The highest BCUT2D eigenvalue weighted by Gasteiger charge is 2.07. The van der Waals surface area contributed by atoms with Crippen LogP contribution < -0.4 is 5.32 Å². The zero-order valence-electron chi connectivity index (χ0n) is 10.8. The summed E-state index contributed by atoms with van der Waals surface area (Å²) in [6.07, 6.45) is 7.13. The molecular formula is C17H19N. The van der Waals surface area contributed by atoms with Crippen LogP contribution in [0.15, 0.2) is 42.5 Å². The zero-order valence-corrected chi connectivity index (χ0v) is 10.8. The molecule has 0 saturated heterocycles. The van der Waals surface area contributed by atoms with Gasteiger partial charge >= 0.3 is 0 Å². The molecule has 0 aliphatic heterocycles. The Labute approximate surface area is 109 Å². The minimum absolute atomic E-state index is 0.355. The van der Waals surface area contributed by atoms with Crippen LogP contribution in [-0.4, -0.2) is 6.54 Å². The first-order chi connectivity index (χ1) is 8.83. The van der Waals surface area contributed by atoms with E-state index < -0.39 is 0 Å².